The second-order valence-corrected chi connectivity index (χ2v) is 9.09. The number of hydrogen-bond donors (Lipinski definition) is 2. The Hall–Kier alpha value is -4.17. The molecule has 3 atom stereocenters. The molecule has 3 aromatic carbocycles. The molecule has 38 heavy (non-hydrogen) atoms. The van der Waals surface area contributed by atoms with E-state index in [0.29, 0.717) is 6.42 Å². The van der Waals surface area contributed by atoms with Gasteiger partial charge in [0.05, 0.1) is 11.7 Å². The quantitative estimate of drug-likeness (QED) is 0.299. The third kappa shape index (κ3) is 6.58. The summed E-state index contributed by atoms with van der Waals surface area (Å²) in [5.74, 6) is -3.70. The minimum atomic E-state index is -1.16. The van der Waals surface area contributed by atoms with E-state index in [-0.39, 0.29) is 35.2 Å². The van der Waals surface area contributed by atoms with Crippen molar-refractivity contribution in [2.75, 3.05) is 7.05 Å². The fourth-order valence-electron chi connectivity index (χ4n) is 4.39. The molecule has 4 rings (SSSR count). The van der Waals surface area contributed by atoms with Crippen molar-refractivity contribution >= 4 is 22.8 Å². The molecule has 196 valence electrons. The van der Waals surface area contributed by atoms with Gasteiger partial charge in [0.25, 0.3) is 0 Å². The molecule has 0 spiro atoms. The number of hydrogen-bond acceptors (Lipinski definition) is 5. The van der Waals surface area contributed by atoms with Gasteiger partial charge in [0.15, 0.2) is 11.6 Å². The number of nitrogens with one attached hydrogen (secondary N) is 1. The van der Waals surface area contributed by atoms with Gasteiger partial charge < -0.3 is 15.2 Å². The molecule has 0 saturated heterocycles. The van der Waals surface area contributed by atoms with Gasteiger partial charge in [-0.15, -0.1) is 0 Å². The highest BCUT2D eigenvalue weighted by atomic mass is 19.2. The molecule has 0 aliphatic rings. The standard InChI is InChI=1S/C30H28F2N2O4/c1-33-29(36)22(14-19-8-4-2-5-9-19)17-25(35)26(15-20-10-6-3-7-11-20)38-30(37)23-16-21-12-13-24(31)27(32)28(21)34-18-23/h2-13,16,18,22,25-26,35H,14-15,17H2,1H3,(H,33,36)/t22-,25+,26+/m1/s1. The van der Waals surface area contributed by atoms with Crippen LogP contribution in [0.1, 0.15) is 27.9 Å². The number of aromatic nitrogens is 1. The summed E-state index contributed by atoms with van der Waals surface area (Å²) in [6, 6.07) is 22.3. The molecule has 2 N–H and O–H groups in total. The first-order valence-electron chi connectivity index (χ1n) is 12.3. The lowest BCUT2D eigenvalue weighted by atomic mass is 9.89. The summed E-state index contributed by atoms with van der Waals surface area (Å²) in [4.78, 5) is 29.6. The van der Waals surface area contributed by atoms with Crippen LogP contribution in [0.15, 0.2) is 85.1 Å². The first-order valence-corrected chi connectivity index (χ1v) is 12.3. The van der Waals surface area contributed by atoms with Crippen molar-refractivity contribution in [3.05, 3.63) is 113 Å². The van der Waals surface area contributed by atoms with Gasteiger partial charge in [0.2, 0.25) is 5.91 Å². The van der Waals surface area contributed by atoms with E-state index in [0.717, 1.165) is 23.4 Å². The SMILES string of the molecule is CNC(=O)[C@H](Cc1ccccc1)C[C@H](O)[C@H](Cc1ccccc1)OC(=O)c1cnc2c(F)c(F)ccc2c1. The number of nitrogens with zero attached hydrogens (tertiary/aromatic N) is 1. The zero-order chi connectivity index (χ0) is 27.1. The van der Waals surface area contributed by atoms with Crippen LogP contribution in [0.5, 0.6) is 0 Å². The number of benzene rings is 3. The summed E-state index contributed by atoms with van der Waals surface area (Å²) in [6.45, 7) is 0. The number of amides is 1. The smallest absolute Gasteiger partial charge is 0.340 e. The van der Waals surface area contributed by atoms with Crippen molar-refractivity contribution < 1.29 is 28.2 Å². The van der Waals surface area contributed by atoms with Gasteiger partial charge in [0.1, 0.15) is 11.6 Å². The molecule has 0 aliphatic heterocycles. The van der Waals surface area contributed by atoms with Gasteiger partial charge in [-0.3, -0.25) is 9.78 Å². The van der Waals surface area contributed by atoms with Crippen LogP contribution in [0.2, 0.25) is 0 Å². The summed E-state index contributed by atoms with van der Waals surface area (Å²) in [5.41, 5.74) is 1.60. The largest absolute Gasteiger partial charge is 0.456 e. The predicted octanol–water partition coefficient (Wildman–Crippen LogP) is 4.64. The zero-order valence-electron chi connectivity index (χ0n) is 20.8. The lowest BCUT2D eigenvalue weighted by Crippen LogP contribution is -2.39. The summed E-state index contributed by atoms with van der Waals surface area (Å²) < 4.78 is 33.3. The normalized spacial score (nSPS) is 13.5. The number of pyridine rings is 1. The Morgan fingerprint density at radius 2 is 1.58 bits per heavy atom. The molecule has 6 nitrogen and oxygen atoms in total. The van der Waals surface area contributed by atoms with Gasteiger partial charge in [-0.2, -0.15) is 0 Å². The maximum Gasteiger partial charge on any atom is 0.340 e. The average molecular weight is 519 g/mol. The van der Waals surface area contributed by atoms with Gasteiger partial charge in [-0.05, 0) is 42.2 Å². The fraction of sp³-hybridized carbons (Fsp3) is 0.233. The molecular formula is C30H28F2N2O4. The van der Waals surface area contributed by atoms with Gasteiger partial charge in [-0.1, -0.05) is 60.7 Å². The second kappa shape index (κ2) is 12.4. The third-order valence-corrected chi connectivity index (χ3v) is 6.42. The van der Waals surface area contributed by atoms with Crippen molar-refractivity contribution in [1.29, 1.82) is 0 Å². The van der Waals surface area contributed by atoms with Crippen LogP contribution < -0.4 is 5.32 Å². The van der Waals surface area contributed by atoms with Crippen molar-refractivity contribution in [3.8, 4) is 0 Å². The number of rotatable bonds is 10. The van der Waals surface area contributed by atoms with Crippen molar-refractivity contribution in [2.24, 2.45) is 5.92 Å². The Balaban J connectivity index is 1.57. The summed E-state index contributed by atoms with van der Waals surface area (Å²) >= 11 is 0. The molecule has 1 aromatic heterocycles. The fourth-order valence-corrected chi connectivity index (χ4v) is 4.39. The first-order chi connectivity index (χ1) is 18.4. The Morgan fingerprint density at radius 3 is 2.21 bits per heavy atom. The summed E-state index contributed by atoms with van der Waals surface area (Å²) in [6.07, 6.45) is -0.360. The minimum Gasteiger partial charge on any atom is -0.456 e. The number of aliphatic hydroxyl groups is 1. The second-order valence-electron chi connectivity index (χ2n) is 9.09. The van der Waals surface area contributed by atoms with E-state index >= 15 is 0 Å². The molecule has 0 bridgehead atoms. The van der Waals surface area contributed by atoms with Crippen LogP contribution in [-0.2, 0) is 22.4 Å². The van der Waals surface area contributed by atoms with Crippen molar-refractivity contribution in [3.63, 3.8) is 0 Å². The van der Waals surface area contributed by atoms with Crippen molar-refractivity contribution in [1.82, 2.24) is 10.3 Å². The maximum absolute atomic E-state index is 14.0. The molecule has 1 amide bonds. The van der Waals surface area contributed by atoms with Gasteiger partial charge in [0, 0.05) is 31.0 Å². The highest BCUT2D eigenvalue weighted by Gasteiger charge is 2.30. The number of halogens is 2. The average Bonchev–Trinajstić information content (AvgIpc) is 2.94. The molecule has 8 heteroatoms. The van der Waals surface area contributed by atoms with E-state index in [2.05, 4.69) is 10.3 Å². The van der Waals surface area contributed by atoms with E-state index in [1.165, 1.54) is 19.2 Å². The minimum absolute atomic E-state index is 0.0286. The number of aliphatic hydroxyl groups excluding tert-OH is 1. The Labute approximate surface area is 219 Å². The summed E-state index contributed by atoms with van der Waals surface area (Å²) in [7, 11) is 1.54. The van der Waals surface area contributed by atoms with Gasteiger partial charge in [-0.25, -0.2) is 13.6 Å². The van der Waals surface area contributed by atoms with E-state index in [9.17, 15) is 23.5 Å². The molecule has 0 aliphatic carbocycles. The lowest BCUT2D eigenvalue weighted by molar-refractivity contribution is -0.126. The van der Waals surface area contributed by atoms with Crippen LogP contribution in [0.25, 0.3) is 10.9 Å². The van der Waals surface area contributed by atoms with Crippen LogP contribution in [0, 0.1) is 17.6 Å². The highest BCUT2D eigenvalue weighted by Crippen LogP contribution is 2.23. The molecule has 4 aromatic rings. The first kappa shape index (κ1) is 26.9. The van der Waals surface area contributed by atoms with Crippen molar-refractivity contribution in [2.45, 2.75) is 31.5 Å². The number of esters is 1. The van der Waals surface area contributed by atoms with Gasteiger partial charge >= 0.3 is 5.97 Å². The van der Waals surface area contributed by atoms with Crippen LogP contribution in [0.3, 0.4) is 0 Å². The predicted molar refractivity (Wildman–Crippen MR) is 139 cm³/mol. The zero-order valence-corrected chi connectivity index (χ0v) is 20.8. The lowest BCUT2D eigenvalue weighted by Gasteiger charge is -2.26. The molecule has 1 heterocycles. The Bertz CT molecular complexity index is 1400. The Morgan fingerprint density at radius 1 is 0.947 bits per heavy atom. The van der Waals surface area contributed by atoms with Crippen LogP contribution >= 0.6 is 0 Å². The highest BCUT2D eigenvalue weighted by molar-refractivity contribution is 5.93. The topological polar surface area (TPSA) is 88.5 Å². The van der Waals surface area contributed by atoms with E-state index in [1.54, 1.807) is 0 Å². The van der Waals surface area contributed by atoms with E-state index in [1.807, 2.05) is 60.7 Å². The monoisotopic (exact) mass is 518 g/mol. The van der Waals surface area contributed by atoms with Crippen LogP contribution in [0.4, 0.5) is 8.78 Å². The van der Waals surface area contributed by atoms with Crippen LogP contribution in [-0.4, -0.2) is 41.2 Å². The molecule has 0 saturated carbocycles. The molecular weight excluding hydrogens is 490 g/mol. The number of fused-ring (bicyclic) bond motifs is 1. The van der Waals surface area contributed by atoms with E-state index < -0.39 is 35.7 Å². The number of ether oxygens (including phenoxy) is 1. The molecule has 0 unspecified atom stereocenters. The summed E-state index contributed by atoms with van der Waals surface area (Å²) in [5, 5.41) is 14.1. The molecule has 0 radical (unpaired) electrons. The molecule has 0 fully saturated rings. The third-order valence-electron chi connectivity index (χ3n) is 6.42. The number of carbonyl (C=O) groups is 2. The van der Waals surface area contributed by atoms with E-state index in [4.69, 9.17) is 4.74 Å². The maximum atomic E-state index is 14.0. The Kier molecular flexibility index (Phi) is 8.76. The number of carbonyl (C=O) groups excluding carboxylic acids is 2.